The first-order valence-corrected chi connectivity index (χ1v) is 8.93. The molecule has 0 aromatic heterocycles. The van der Waals surface area contributed by atoms with E-state index < -0.39 is 0 Å². The van der Waals surface area contributed by atoms with Crippen molar-refractivity contribution in [1.82, 2.24) is 0 Å². The van der Waals surface area contributed by atoms with Gasteiger partial charge in [0.1, 0.15) is 5.75 Å². The maximum absolute atomic E-state index is 11.8. The van der Waals surface area contributed by atoms with Gasteiger partial charge in [0.15, 0.2) is 0 Å². The Hall–Kier alpha value is -1.94. The number of thioether (sulfide) groups is 1. The van der Waals surface area contributed by atoms with Crippen molar-refractivity contribution in [3.05, 3.63) is 59.7 Å². The molecule has 0 aliphatic rings. The predicted octanol–water partition coefficient (Wildman–Crippen LogP) is 4.44. The molecule has 2 aromatic carbocycles. The number of anilines is 1. The maximum atomic E-state index is 11.8. The van der Waals surface area contributed by atoms with Gasteiger partial charge in [-0.15, -0.1) is 0 Å². The van der Waals surface area contributed by atoms with Crippen LogP contribution in [-0.4, -0.2) is 24.0 Å². The highest BCUT2D eigenvalue weighted by molar-refractivity contribution is 7.99. The molecule has 23 heavy (non-hydrogen) atoms. The minimum Gasteiger partial charge on any atom is -0.494 e. The van der Waals surface area contributed by atoms with Crippen molar-refractivity contribution >= 4 is 23.4 Å². The number of aryl methyl sites for hydroxylation is 2. The van der Waals surface area contributed by atoms with Gasteiger partial charge in [0, 0.05) is 5.69 Å². The second-order valence-electron chi connectivity index (χ2n) is 5.48. The Balaban J connectivity index is 1.55. The number of carbonyl (C=O) groups excluding carboxylic acids is 1. The number of benzene rings is 2. The Morgan fingerprint density at radius 1 is 1.00 bits per heavy atom. The van der Waals surface area contributed by atoms with E-state index >= 15 is 0 Å². The molecular formula is C19H23NO2S. The van der Waals surface area contributed by atoms with Gasteiger partial charge in [-0.25, -0.2) is 0 Å². The molecule has 3 nitrogen and oxygen atoms in total. The van der Waals surface area contributed by atoms with Crippen LogP contribution in [0.15, 0.2) is 48.5 Å². The topological polar surface area (TPSA) is 38.3 Å². The Bertz CT molecular complexity index is 608. The summed E-state index contributed by atoms with van der Waals surface area (Å²) in [6.45, 7) is 4.76. The maximum Gasteiger partial charge on any atom is 0.234 e. The molecule has 0 heterocycles. The van der Waals surface area contributed by atoms with Crippen LogP contribution in [0.5, 0.6) is 5.75 Å². The minimum absolute atomic E-state index is 0.0401. The summed E-state index contributed by atoms with van der Waals surface area (Å²) in [7, 11) is 0. The van der Waals surface area contributed by atoms with Crippen LogP contribution < -0.4 is 10.1 Å². The highest BCUT2D eigenvalue weighted by atomic mass is 32.2. The van der Waals surface area contributed by atoms with Crippen LogP contribution in [0.4, 0.5) is 5.69 Å². The zero-order chi connectivity index (χ0) is 16.5. The van der Waals surface area contributed by atoms with Crippen LogP contribution in [0.1, 0.15) is 17.5 Å². The molecule has 1 N–H and O–H groups in total. The molecule has 4 heteroatoms. The third-order valence-electron chi connectivity index (χ3n) is 3.29. The molecule has 0 spiro atoms. The van der Waals surface area contributed by atoms with Crippen molar-refractivity contribution in [2.45, 2.75) is 20.3 Å². The second kappa shape index (κ2) is 9.26. The van der Waals surface area contributed by atoms with Gasteiger partial charge >= 0.3 is 0 Å². The van der Waals surface area contributed by atoms with E-state index in [9.17, 15) is 4.79 Å². The summed E-state index contributed by atoms with van der Waals surface area (Å²) < 4.78 is 5.66. The van der Waals surface area contributed by atoms with E-state index in [4.69, 9.17) is 4.74 Å². The standard InChI is InChI=1S/C19H23NO2S/c1-15-4-8-17(9-5-15)20-19(21)14-23-13-3-12-22-18-10-6-16(2)7-11-18/h4-11H,3,12-14H2,1-2H3,(H,20,21). The molecule has 0 aliphatic heterocycles. The van der Waals surface area contributed by atoms with E-state index in [1.165, 1.54) is 11.1 Å². The van der Waals surface area contributed by atoms with Crippen molar-refractivity contribution in [1.29, 1.82) is 0 Å². The van der Waals surface area contributed by atoms with Gasteiger partial charge in [0.25, 0.3) is 0 Å². The lowest BCUT2D eigenvalue weighted by Gasteiger charge is -2.07. The molecule has 0 fully saturated rings. The molecule has 0 saturated carbocycles. The van der Waals surface area contributed by atoms with E-state index in [-0.39, 0.29) is 5.91 Å². The zero-order valence-electron chi connectivity index (χ0n) is 13.7. The van der Waals surface area contributed by atoms with Crippen molar-refractivity contribution < 1.29 is 9.53 Å². The Labute approximate surface area is 142 Å². The normalized spacial score (nSPS) is 10.3. The molecule has 0 aliphatic carbocycles. The van der Waals surface area contributed by atoms with Gasteiger partial charge in [-0.2, -0.15) is 11.8 Å². The third kappa shape index (κ3) is 6.78. The summed E-state index contributed by atoms with van der Waals surface area (Å²) in [5.41, 5.74) is 3.27. The van der Waals surface area contributed by atoms with Crippen molar-refractivity contribution in [3.63, 3.8) is 0 Å². The monoisotopic (exact) mass is 329 g/mol. The first kappa shape index (κ1) is 17.4. The van der Waals surface area contributed by atoms with Crippen molar-refractivity contribution in [2.75, 3.05) is 23.4 Å². The fourth-order valence-electron chi connectivity index (χ4n) is 1.98. The number of rotatable bonds is 8. The van der Waals surface area contributed by atoms with Crippen molar-refractivity contribution in [2.24, 2.45) is 0 Å². The van der Waals surface area contributed by atoms with E-state index in [2.05, 4.69) is 12.2 Å². The van der Waals surface area contributed by atoms with Crippen LogP contribution in [0, 0.1) is 13.8 Å². The largest absolute Gasteiger partial charge is 0.494 e. The number of hydrogen-bond donors (Lipinski definition) is 1. The fourth-order valence-corrected chi connectivity index (χ4v) is 2.71. The lowest BCUT2D eigenvalue weighted by atomic mass is 10.2. The number of ether oxygens (including phenoxy) is 1. The lowest BCUT2D eigenvalue weighted by Crippen LogP contribution is -2.14. The fraction of sp³-hybridized carbons (Fsp3) is 0.316. The molecular weight excluding hydrogens is 306 g/mol. The highest BCUT2D eigenvalue weighted by Crippen LogP contribution is 2.13. The SMILES string of the molecule is Cc1ccc(NC(=O)CSCCCOc2ccc(C)cc2)cc1. The average molecular weight is 329 g/mol. The van der Waals surface area contributed by atoms with Gasteiger partial charge in [0.2, 0.25) is 5.91 Å². The second-order valence-corrected chi connectivity index (χ2v) is 6.59. The molecule has 0 saturated heterocycles. The van der Waals surface area contributed by atoms with Crippen molar-refractivity contribution in [3.8, 4) is 5.75 Å². The number of carbonyl (C=O) groups is 1. The molecule has 0 atom stereocenters. The third-order valence-corrected chi connectivity index (χ3v) is 4.33. The summed E-state index contributed by atoms with van der Waals surface area (Å²) in [6, 6.07) is 15.9. The van der Waals surface area contributed by atoms with Gasteiger partial charge in [0.05, 0.1) is 12.4 Å². The first-order chi connectivity index (χ1) is 11.1. The van der Waals surface area contributed by atoms with E-state index in [1.54, 1.807) is 11.8 Å². The summed E-state index contributed by atoms with van der Waals surface area (Å²) in [5.74, 6) is 2.32. The lowest BCUT2D eigenvalue weighted by molar-refractivity contribution is -0.113. The van der Waals surface area contributed by atoms with Crippen LogP contribution >= 0.6 is 11.8 Å². The Kier molecular flexibility index (Phi) is 7.01. The Morgan fingerprint density at radius 2 is 1.61 bits per heavy atom. The van der Waals surface area contributed by atoms with Gasteiger partial charge in [-0.1, -0.05) is 35.4 Å². The van der Waals surface area contributed by atoms with Crippen LogP contribution in [0.25, 0.3) is 0 Å². The molecule has 0 unspecified atom stereocenters. The number of nitrogens with one attached hydrogen (secondary N) is 1. The highest BCUT2D eigenvalue weighted by Gasteiger charge is 2.02. The summed E-state index contributed by atoms with van der Waals surface area (Å²) in [6.07, 6.45) is 0.927. The smallest absolute Gasteiger partial charge is 0.234 e. The molecule has 2 aromatic rings. The van der Waals surface area contributed by atoms with Crippen LogP contribution in [-0.2, 0) is 4.79 Å². The van der Waals surface area contributed by atoms with E-state index in [1.807, 2.05) is 55.5 Å². The summed E-state index contributed by atoms with van der Waals surface area (Å²) in [4.78, 5) is 11.8. The number of amides is 1. The van der Waals surface area contributed by atoms with Gasteiger partial charge in [-0.3, -0.25) is 4.79 Å². The van der Waals surface area contributed by atoms with Crippen LogP contribution in [0.2, 0.25) is 0 Å². The zero-order valence-corrected chi connectivity index (χ0v) is 14.5. The molecule has 1 amide bonds. The molecule has 2 rings (SSSR count). The average Bonchev–Trinajstić information content (AvgIpc) is 2.54. The van der Waals surface area contributed by atoms with Crippen LogP contribution in [0.3, 0.4) is 0 Å². The predicted molar refractivity (Wildman–Crippen MR) is 98.4 cm³/mol. The quantitative estimate of drug-likeness (QED) is 0.727. The molecule has 122 valence electrons. The van der Waals surface area contributed by atoms with Gasteiger partial charge in [-0.05, 0) is 50.3 Å². The minimum atomic E-state index is 0.0401. The van der Waals surface area contributed by atoms with E-state index in [0.29, 0.717) is 12.4 Å². The molecule has 0 bridgehead atoms. The summed E-state index contributed by atoms with van der Waals surface area (Å²) >= 11 is 1.63. The van der Waals surface area contributed by atoms with Gasteiger partial charge < -0.3 is 10.1 Å². The van der Waals surface area contributed by atoms with E-state index in [0.717, 1.165) is 23.6 Å². The number of hydrogen-bond acceptors (Lipinski definition) is 3. The molecule has 0 radical (unpaired) electrons. The first-order valence-electron chi connectivity index (χ1n) is 7.77. The Morgan fingerprint density at radius 3 is 2.26 bits per heavy atom. The summed E-state index contributed by atoms with van der Waals surface area (Å²) in [5, 5.41) is 2.90.